The topological polar surface area (TPSA) is 12.9 Å². The fraction of sp³-hybridized carbons (Fsp3) is 0.0556. The second-order valence-corrected chi connectivity index (χ2v) is 4.80. The molecular formula is C18H13F2N. The molecule has 0 spiro atoms. The zero-order valence-electron chi connectivity index (χ0n) is 11.3. The normalized spacial score (nSPS) is 10.6. The van der Waals surface area contributed by atoms with Gasteiger partial charge in [0.05, 0.1) is 5.69 Å². The van der Waals surface area contributed by atoms with Crippen LogP contribution in [0.1, 0.15) is 11.3 Å². The molecule has 3 aromatic rings. The summed E-state index contributed by atoms with van der Waals surface area (Å²) >= 11 is 0. The highest BCUT2D eigenvalue weighted by Crippen LogP contribution is 2.22. The summed E-state index contributed by atoms with van der Waals surface area (Å²) in [7, 11) is 0. The Morgan fingerprint density at radius 3 is 2.38 bits per heavy atom. The van der Waals surface area contributed by atoms with E-state index in [1.807, 2.05) is 42.5 Å². The summed E-state index contributed by atoms with van der Waals surface area (Å²) in [6.07, 6.45) is 0.678. The minimum atomic E-state index is -0.598. The van der Waals surface area contributed by atoms with Crippen LogP contribution in [0.4, 0.5) is 8.78 Å². The van der Waals surface area contributed by atoms with Gasteiger partial charge in [0.1, 0.15) is 11.6 Å². The van der Waals surface area contributed by atoms with Crippen LogP contribution in [0.25, 0.3) is 11.3 Å². The maximum Gasteiger partial charge on any atom is 0.135 e. The van der Waals surface area contributed by atoms with Gasteiger partial charge in [0.25, 0.3) is 0 Å². The first kappa shape index (κ1) is 13.4. The minimum absolute atomic E-state index is 0.311. The molecule has 0 saturated carbocycles. The first-order valence-electron chi connectivity index (χ1n) is 6.68. The summed E-state index contributed by atoms with van der Waals surface area (Å²) in [6.45, 7) is 0. The van der Waals surface area contributed by atoms with Gasteiger partial charge in [-0.15, -0.1) is 0 Å². The van der Waals surface area contributed by atoms with E-state index in [2.05, 4.69) is 4.98 Å². The maximum absolute atomic E-state index is 13.8. The number of rotatable bonds is 3. The van der Waals surface area contributed by atoms with Crippen LogP contribution >= 0.6 is 0 Å². The van der Waals surface area contributed by atoms with Crippen molar-refractivity contribution in [2.75, 3.05) is 0 Å². The molecule has 0 radical (unpaired) electrons. The summed E-state index contributed by atoms with van der Waals surface area (Å²) in [5.41, 5.74) is 2.82. The van der Waals surface area contributed by atoms with Crippen molar-refractivity contribution in [1.29, 1.82) is 0 Å². The molecule has 0 aliphatic carbocycles. The second-order valence-electron chi connectivity index (χ2n) is 4.80. The fourth-order valence-electron chi connectivity index (χ4n) is 2.23. The van der Waals surface area contributed by atoms with Gasteiger partial charge in [0.15, 0.2) is 0 Å². The lowest BCUT2D eigenvalue weighted by Gasteiger charge is -2.06. The first-order valence-corrected chi connectivity index (χ1v) is 6.68. The average molecular weight is 281 g/mol. The molecule has 21 heavy (non-hydrogen) atoms. The number of benzene rings is 2. The van der Waals surface area contributed by atoms with Crippen molar-refractivity contribution >= 4 is 0 Å². The summed E-state index contributed by atoms with van der Waals surface area (Å²) in [6, 6.07) is 18.9. The van der Waals surface area contributed by atoms with E-state index in [4.69, 9.17) is 0 Å². The molecule has 1 heterocycles. The van der Waals surface area contributed by atoms with Crippen molar-refractivity contribution in [3.05, 3.63) is 89.6 Å². The Hall–Kier alpha value is -2.55. The molecule has 3 heteroatoms. The molecule has 0 bridgehead atoms. The molecular weight excluding hydrogens is 268 g/mol. The summed E-state index contributed by atoms with van der Waals surface area (Å²) < 4.78 is 26.8. The Morgan fingerprint density at radius 2 is 1.62 bits per heavy atom. The lowest BCUT2D eigenvalue weighted by atomic mass is 10.1. The van der Waals surface area contributed by atoms with E-state index in [-0.39, 0.29) is 0 Å². The highest BCUT2D eigenvalue weighted by Gasteiger charge is 2.08. The molecule has 104 valence electrons. The number of nitrogens with zero attached hydrogens (tertiary/aromatic N) is 1. The van der Waals surface area contributed by atoms with Crippen molar-refractivity contribution in [2.24, 2.45) is 0 Å². The SMILES string of the molecule is Fc1ccc(-c2cccc(Cc3ccccc3)n2)c(F)c1. The fourth-order valence-corrected chi connectivity index (χ4v) is 2.23. The van der Waals surface area contributed by atoms with E-state index >= 15 is 0 Å². The van der Waals surface area contributed by atoms with Gasteiger partial charge in [-0.1, -0.05) is 36.4 Å². The van der Waals surface area contributed by atoms with Gasteiger partial charge in [-0.3, -0.25) is 4.98 Å². The molecule has 1 nitrogen and oxygen atoms in total. The first-order chi connectivity index (χ1) is 10.2. The Bertz CT molecular complexity index is 754. The zero-order valence-corrected chi connectivity index (χ0v) is 11.3. The molecule has 2 aromatic carbocycles. The van der Waals surface area contributed by atoms with Crippen LogP contribution in [-0.4, -0.2) is 4.98 Å². The monoisotopic (exact) mass is 281 g/mol. The van der Waals surface area contributed by atoms with Crippen LogP contribution in [0.2, 0.25) is 0 Å². The van der Waals surface area contributed by atoms with Gasteiger partial charge < -0.3 is 0 Å². The van der Waals surface area contributed by atoms with Gasteiger partial charge in [0.2, 0.25) is 0 Å². The second kappa shape index (κ2) is 5.83. The van der Waals surface area contributed by atoms with Gasteiger partial charge in [-0.2, -0.15) is 0 Å². The van der Waals surface area contributed by atoms with Crippen LogP contribution in [0.5, 0.6) is 0 Å². The van der Waals surface area contributed by atoms with Crippen molar-refractivity contribution in [3.63, 3.8) is 0 Å². The molecule has 0 aliphatic heterocycles. The van der Waals surface area contributed by atoms with Crippen LogP contribution in [-0.2, 0) is 6.42 Å². The smallest absolute Gasteiger partial charge is 0.135 e. The Kier molecular flexibility index (Phi) is 3.73. The predicted molar refractivity (Wildman–Crippen MR) is 78.8 cm³/mol. The highest BCUT2D eigenvalue weighted by molar-refractivity contribution is 5.60. The third-order valence-electron chi connectivity index (χ3n) is 3.24. The molecule has 0 amide bonds. The Morgan fingerprint density at radius 1 is 0.810 bits per heavy atom. The van der Waals surface area contributed by atoms with E-state index in [1.54, 1.807) is 6.07 Å². The molecule has 0 N–H and O–H groups in total. The van der Waals surface area contributed by atoms with Gasteiger partial charge in [-0.05, 0) is 29.8 Å². The Labute approximate surface area is 121 Å². The minimum Gasteiger partial charge on any atom is -0.252 e. The zero-order chi connectivity index (χ0) is 14.7. The van der Waals surface area contributed by atoms with Gasteiger partial charge >= 0.3 is 0 Å². The van der Waals surface area contributed by atoms with Gasteiger partial charge in [-0.25, -0.2) is 8.78 Å². The molecule has 1 aromatic heterocycles. The van der Waals surface area contributed by atoms with E-state index in [1.165, 1.54) is 12.1 Å². The van der Waals surface area contributed by atoms with E-state index in [0.717, 1.165) is 17.3 Å². The number of halogens is 2. The summed E-state index contributed by atoms with van der Waals surface area (Å²) in [4.78, 5) is 4.47. The standard InChI is InChI=1S/C18H13F2N/c19-14-9-10-16(17(20)12-14)18-8-4-7-15(21-18)11-13-5-2-1-3-6-13/h1-10,12H,11H2. The van der Waals surface area contributed by atoms with E-state index in [0.29, 0.717) is 17.7 Å². The summed E-state index contributed by atoms with van der Waals surface area (Å²) in [5.74, 6) is -1.18. The van der Waals surface area contributed by atoms with Gasteiger partial charge in [0, 0.05) is 23.7 Å². The Balaban J connectivity index is 1.93. The quantitative estimate of drug-likeness (QED) is 0.682. The third-order valence-corrected chi connectivity index (χ3v) is 3.24. The molecule has 0 unspecified atom stereocenters. The molecule has 3 rings (SSSR count). The largest absolute Gasteiger partial charge is 0.252 e. The lowest BCUT2D eigenvalue weighted by Crippen LogP contribution is -1.95. The summed E-state index contributed by atoms with van der Waals surface area (Å²) in [5, 5.41) is 0. The van der Waals surface area contributed by atoms with Crippen molar-refractivity contribution in [1.82, 2.24) is 4.98 Å². The van der Waals surface area contributed by atoms with E-state index < -0.39 is 11.6 Å². The molecule has 0 atom stereocenters. The number of pyridine rings is 1. The molecule has 0 fully saturated rings. The van der Waals surface area contributed by atoms with E-state index in [9.17, 15) is 8.78 Å². The number of hydrogen-bond acceptors (Lipinski definition) is 1. The number of hydrogen-bond donors (Lipinski definition) is 0. The predicted octanol–water partition coefficient (Wildman–Crippen LogP) is 4.62. The van der Waals surface area contributed by atoms with Crippen LogP contribution in [0.3, 0.4) is 0 Å². The average Bonchev–Trinajstić information content (AvgIpc) is 2.48. The van der Waals surface area contributed by atoms with Crippen molar-refractivity contribution in [2.45, 2.75) is 6.42 Å². The lowest BCUT2D eigenvalue weighted by molar-refractivity contribution is 0.585. The maximum atomic E-state index is 13.8. The highest BCUT2D eigenvalue weighted by atomic mass is 19.1. The number of aromatic nitrogens is 1. The van der Waals surface area contributed by atoms with Crippen LogP contribution in [0.15, 0.2) is 66.7 Å². The molecule has 0 saturated heterocycles. The van der Waals surface area contributed by atoms with Crippen LogP contribution < -0.4 is 0 Å². The van der Waals surface area contributed by atoms with Crippen molar-refractivity contribution < 1.29 is 8.78 Å². The third kappa shape index (κ3) is 3.14. The van der Waals surface area contributed by atoms with Crippen molar-refractivity contribution in [3.8, 4) is 11.3 Å². The molecule has 0 aliphatic rings. The van der Waals surface area contributed by atoms with Crippen LogP contribution in [0, 0.1) is 11.6 Å².